The van der Waals surface area contributed by atoms with Gasteiger partial charge in [-0.05, 0) is 29.3 Å². The molecular weight excluding hydrogens is 368 g/mol. The predicted molar refractivity (Wildman–Crippen MR) is 108 cm³/mol. The van der Waals surface area contributed by atoms with Crippen molar-refractivity contribution in [2.75, 3.05) is 7.11 Å². The summed E-state index contributed by atoms with van der Waals surface area (Å²) in [6, 6.07) is 17.2. The van der Waals surface area contributed by atoms with E-state index < -0.39 is 5.91 Å². The number of amides is 1. The molecule has 0 radical (unpaired) electrons. The number of carbonyl (C=O) groups excluding carboxylic acids is 1. The van der Waals surface area contributed by atoms with Crippen LogP contribution in [0.5, 0.6) is 0 Å². The van der Waals surface area contributed by atoms with E-state index in [9.17, 15) is 4.79 Å². The van der Waals surface area contributed by atoms with Crippen LogP contribution in [-0.2, 0) is 17.9 Å². The fourth-order valence-electron chi connectivity index (χ4n) is 3.31. The Bertz CT molecular complexity index is 1140. The summed E-state index contributed by atoms with van der Waals surface area (Å²) >= 11 is 0. The van der Waals surface area contributed by atoms with E-state index in [4.69, 9.17) is 9.94 Å². The van der Waals surface area contributed by atoms with Gasteiger partial charge in [-0.25, -0.2) is 15.4 Å². The maximum Gasteiger partial charge on any atom is 0.274 e. The van der Waals surface area contributed by atoms with Crippen LogP contribution >= 0.6 is 0 Å². The average molecular weight is 388 g/mol. The van der Waals surface area contributed by atoms with Gasteiger partial charge in [-0.1, -0.05) is 36.4 Å². The smallest absolute Gasteiger partial charge is 0.274 e. The van der Waals surface area contributed by atoms with Gasteiger partial charge in [0.1, 0.15) is 12.0 Å². The van der Waals surface area contributed by atoms with Crippen LogP contribution in [-0.4, -0.2) is 32.8 Å². The molecule has 0 saturated carbocycles. The maximum absolute atomic E-state index is 11.5. The van der Waals surface area contributed by atoms with E-state index in [0.717, 1.165) is 33.4 Å². The first kappa shape index (κ1) is 18.8. The van der Waals surface area contributed by atoms with Crippen molar-refractivity contribution < 1.29 is 14.7 Å². The van der Waals surface area contributed by atoms with E-state index >= 15 is 0 Å². The molecule has 0 bridgehead atoms. The van der Waals surface area contributed by atoms with Crippen molar-refractivity contribution in [3.8, 4) is 11.3 Å². The first-order valence-electron chi connectivity index (χ1n) is 9.11. The van der Waals surface area contributed by atoms with Crippen molar-refractivity contribution in [1.29, 1.82) is 0 Å². The molecule has 2 aromatic carbocycles. The molecule has 4 aromatic rings. The number of nitrogens with zero attached hydrogens (tertiary/aromatic N) is 3. The minimum absolute atomic E-state index is 0.398. The van der Waals surface area contributed by atoms with Gasteiger partial charge < -0.3 is 9.30 Å². The molecule has 0 unspecified atom stereocenters. The van der Waals surface area contributed by atoms with Crippen LogP contribution in [0.15, 0.2) is 67.1 Å². The summed E-state index contributed by atoms with van der Waals surface area (Å²) in [6.45, 7) is 1.18. The molecule has 1 amide bonds. The molecule has 0 fully saturated rings. The Balaban J connectivity index is 1.63. The van der Waals surface area contributed by atoms with Gasteiger partial charge >= 0.3 is 0 Å². The minimum atomic E-state index is -0.531. The van der Waals surface area contributed by atoms with Crippen LogP contribution in [0.4, 0.5) is 0 Å². The van der Waals surface area contributed by atoms with Crippen LogP contribution < -0.4 is 5.48 Å². The van der Waals surface area contributed by atoms with Crippen LogP contribution in [0.3, 0.4) is 0 Å². The number of benzene rings is 2. The monoisotopic (exact) mass is 388 g/mol. The fraction of sp³-hybridized carbons (Fsp3) is 0.136. The summed E-state index contributed by atoms with van der Waals surface area (Å²) in [4.78, 5) is 20.4. The van der Waals surface area contributed by atoms with Crippen molar-refractivity contribution in [2.45, 2.75) is 13.2 Å². The second-order valence-corrected chi connectivity index (χ2v) is 6.67. The number of aromatic nitrogens is 3. The summed E-state index contributed by atoms with van der Waals surface area (Å²) in [5, 5.41) is 9.70. The van der Waals surface area contributed by atoms with Crippen LogP contribution in [0, 0.1) is 0 Å². The number of carbonyl (C=O) groups is 1. The lowest BCUT2D eigenvalue weighted by Gasteiger charge is -2.08. The third-order valence-corrected chi connectivity index (χ3v) is 4.77. The fourth-order valence-corrected chi connectivity index (χ4v) is 3.31. The number of fused-ring (bicyclic) bond motifs is 1. The third-order valence-electron chi connectivity index (χ3n) is 4.77. The zero-order valence-electron chi connectivity index (χ0n) is 15.9. The topological polar surface area (TPSA) is 89.3 Å². The molecule has 0 spiro atoms. The Morgan fingerprint density at radius 2 is 1.76 bits per heavy atom. The predicted octanol–water partition coefficient (Wildman–Crippen LogP) is 3.41. The lowest BCUT2D eigenvalue weighted by Crippen LogP contribution is -2.18. The zero-order valence-corrected chi connectivity index (χ0v) is 15.9. The van der Waals surface area contributed by atoms with E-state index in [1.165, 1.54) is 0 Å². The summed E-state index contributed by atoms with van der Waals surface area (Å²) in [7, 11) is 1.68. The number of hydrogen-bond donors (Lipinski definition) is 2. The number of rotatable bonds is 6. The number of nitrogens with one attached hydrogen (secondary N) is 1. The lowest BCUT2D eigenvalue weighted by atomic mass is 10.1. The molecular formula is C22H20N4O3. The highest BCUT2D eigenvalue weighted by Gasteiger charge is 2.11. The Morgan fingerprint density at radius 1 is 1.03 bits per heavy atom. The van der Waals surface area contributed by atoms with Gasteiger partial charge in [0, 0.05) is 36.4 Å². The maximum atomic E-state index is 11.5. The highest BCUT2D eigenvalue weighted by Crippen LogP contribution is 2.27. The Labute approximate surface area is 167 Å². The van der Waals surface area contributed by atoms with E-state index in [2.05, 4.69) is 9.97 Å². The van der Waals surface area contributed by atoms with Crippen molar-refractivity contribution in [3.63, 3.8) is 0 Å². The number of hydroxylamine groups is 1. The van der Waals surface area contributed by atoms with E-state index in [0.29, 0.717) is 18.7 Å². The van der Waals surface area contributed by atoms with Crippen LogP contribution in [0.25, 0.3) is 22.3 Å². The highest BCUT2D eigenvalue weighted by atomic mass is 16.5. The molecule has 0 aliphatic rings. The van der Waals surface area contributed by atoms with Crippen molar-refractivity contribution >= 4 is 16.9 Å². The van der Waals surface area contributed by atoms with Gasteiger partial charge in [-0.15, -0.1) is 0 Å². The summed E-state index contributed by atoms with van der Waals surface area (Å²) in [6.07, 6.45) is 3.56. The SMILES string of the molecule is COCc1ccc(-c2ncnc3c2ccn3Cc2ccc(C(=O)NO)cc2)cc1. The molecule has 2 heterocycles. The van der Waals surface area contributed by atoms with Crippen molar-refractivity contribution in [3.05, 3.63) is 83.8 Å². The zero-order chi connectivity index (χ0) is 20.2. The van der Waals surface area contributed by atoms with Crippen molar-refractivity contribution in [2.24, 2.45) is 0 Å². The minimum Gasteiger partial charge on any atom is -0.380 e. The molecule has 7 nitrogen and oxygen atoms in total. The standard InChI is InChI=1S/C22H20N4O3/c1-29-13-16-4-6-17(7-5-16)20-19-10-11-26(21(19)24-14-23-20)12-15-2-8-18(9-3-15)22(27)25-28/h2-11,14,28H,12-13H2,1H3,(H,25,27). The van der Waals surface area contributed by atoms with E-state index in [1.54, 1.807) is 31.0 Å². The molecule has 2 aromatic heterocycles. The molecule has 2 N–H and O–H groups in total. The molecule has 0 atom stereocenters. The van der Waals surface area contributed by atoms with Gasteiger partial charge in [0.15, 0.2) is 0 Å². The third kappa shape index (κ3) is 3.87. The molecule has 7 heteroatoms. The second kappa shape index (κ2) is 8.22. The second-order valence-electron chi connectivity index (χ2n) is 6.67. The van der Waals surface area contributed by atoms with Crippen LogP contribution in [0.2, 0.25) is 0 Å². The molecule has 0 saturated heterocycles. The first-order chi connectivity index (χ1) is 14.2. The van der Waals surface area contributed by atoms with Gasteiger partial charge in [-0.3, -0.25) is 10.0 Å². The number of methoxy groups -OCH3 is 1. The summed E-state index contributed by atoms with van der Waals surface area (Å²) in [5.41, 5.74) is 6.90. The summed E-state index contributed by atoms with van der Waals surface area (Å²) < 4.78 is 7.21. The molecule has 0 aliphatic carbocycles. The molecule has 29 heavy (non-hydrogen) atoms. The molecule has 4 rings (SSSR count). The number of hydrogen-bond acceptors (Lipinski definition) is 5. The lowest BCUT2D eigenvalue weighted by molar-refractivity contribution is 0.0706. The van der Waals surface area contributed by atoms with Crippen molar-refractivity contribution in [1.82, 2.24) is 20.0 Å². The van der Waals surface area contributed by atoms with Gasteiger partial charge in [0.2, 0.25) is 0 Å². The van der Waals surface area contributed by atoms with Gasteiger partial charge in [0.05, 0.1) is 12.3 Å². The largest absolute Gasteiger partial charge is 0.380 e. The normalized spacial score (nSPS) is 11.0. The van der Waals surface area contributed by atoms with E-state index in [1.807, 2.05) is 53.2 Å². The quantitative estimate of drug-likeness (QED) is 0.390. The first-order valence-corrected chi connectivity index (χ1v) is 9.11. The summed E-state index contributed by atoms with van der Waals surface area (Å²) in [5.74, 6) is -0.531. The van der Waals surface area contributed by atoms with Gasteiger partial charge in [0.25, 0.3) is 5.91 Å². The molecule has 0 aliphatic heterocycles. The van der Waals surface area contributed by atoms with Crippen LogP contribution in [0.1, 0.15) is 21.5 Å². The highest BCUT2D eigenvalue weighted by molar-refractivity contribution is 5.93. The average Bonchev–Trinajstić information content (AvgIpc) is 3.17. The Kier molecular flexibility index (Phi) is 5.33. The Hall–Kier alpha value is -3.55. The Morgan fingerprint density at radius 3 is 2.45 bits per heavy atom. The van der Waals surface area contributed by atoms with E-state index in [-0.39, 0.29) is 0 Å². The van der Waals surface area contributed by atoms with Gasteiger partial charge in [-0.2, -0.15) is 0 Å². The molecule has 146 valence electrons. The number of ether oxygens (including phenoxy) is 1.